The number of carboxylic acids is 1. The zero-order chi connectivity index (χ0) is 7.11. The maximum absolute atomic E-state index is 9.87. The van der Waals surface area contributed by atoms with Crippen LogP contribution in [0.25, 0.3) is 0 Å². The number of aliphatic carboxylic acids is 1. The van der Waals surface area contributed by atoms with Gasteiger partial charge in [-0.2, -0.15) is 11.8 Å². The topological polar surface area (TPSA) is 37.3 Å². The van der Waals surface area contributed by atoms with Crippen molar-refractivity contribution in [1.82, 2.24) is 0 Å². The molecule has 0 aromatic rings. The Hall–Kier alpha value is -0.440. The normalized spacial score (nSPS) is 10.3. The molecule has 52 valence electrons. The second kappa shape index (κ2) is 5.69. The molecule has 0 aliphatic heterocycles. The highest BCUT2D eigenvalue weighted by atomic mass is 32.2. The van der Waals surface area contributed by atoms with Crippen molar-refractivity contribution in [2.75, 3.05) is 12.0 Å². The molecule has 0 fully saturated rings. The molecule has 3 heteroatoms. The molecule has 0 spiro atoms. The van der Waals surface area contributed by atoms with Crippen LogP contribution in [0.1, 0.15) is 6.42 Å². The summed E-state index contributed by atoms with van der Waals surface area (Å²) in [5.74, 6) is 0.125. The van der Waals surface area contributed by atoms with Crippen molar-refractivity contribution in [2.45, 2.75) is 6.42 Å². The van der Waals surface area contributed by atoms with Gasteiger partial charge in [-0.25, -0.2) is 4.79 Å². The zero-order valence-electron chi connectivity index (χ0n) is 5.33. The van der Waals surface area contributed by atoms with Gasteiger partial charge in [0.25, 0.3) is 0 Å². The van der Waals surface area contributed by atoms with Crippen LogP contribution in [0, 0.1) is 0 Å². The van der Waals surface area contributed by atoms with Crippen LogP contribution >= 0.6 is 11.8 Å². The largest absolute Gasteiger partial charge is 0.478 e. The van der Waals surface area contributed by atoms with Gasteiger partial charge in [-0.05, 0) is 18.4 Å². The molecule has 0 aliphatic rings. The molecule has 2 nitrogen and oxygen atoms in total. The van der Waals surface area contributed by atoms with E-state index in [0.717, 1.165) is 12.2 Å². The lowest BCUT2D eigenvalue weighted by Gasteiger charge is -1.85. The van der Waals surface area contributed by atoms with Crippen molar-refractivity contribution in [3.8, 4) is 0 Å². The Bertz CT molecular complexity index is 110. The predicted molar refractivity (Wildman–Crippen MR) is 39.8 cm³/mol. The van der Waals surface area contributed by atoms with E-state index < -0.39 is 5.97 Å². The van der Waals surface area contributed by atoms with Crippen LogP contribution < -0.4 is 0 Å². The van der Waals surface area contributed by atoms with E-state index in [0.29, 0.717) is 0 Å². The van der Waals surface area contributed by atoms with E-state index in [1.165, 1.54) is 6.08 Å². The summed E-state index contributed by atoms with van der Waals surface area (Å²) < 4.78 is 0. The smallest absolute Gasteiger partial charge is 0.327 e. The summed E-state index contributed by atoms with van der Waals surface area (Å²) in [6, 6.07) is 0. The Balaban J connectivity index is 3.15. The average molecular weight is 146 g/mol. The molecule has 0 unspecified atom stereocenters. The number of thioether (sulfide) groups is 1. The number of carbonyl (C=O) groups is 1. The van der Waals surface area contributed by atoms with Gasteiger partial charge in [0, 0.05) is 6.08 Å². The maximum Gasteiger partial charge on any atom is 0.327 e. The Morgan fingerprint density at radius 1 is 1.78 bits per heavy atom. The first-order chi connectivity index (χ1) is 4.27. The molecule has 0 saturated heterocycles. The SMILES string of the molecule is CSCCC=CC(=O)O. The minimum Gasteiger partial charge on any atom is -0.478 e. The molecule has 0 heterocycles. The Morgan fingerprint density at radius 2 is 2.44 bits per heavy atom. The van der Waals surface area contributed by atoms with E-state index in [4.69, 9.17) is 5.11 Å². The van der Waals surface area contributed by atoms with Crippen molar-refractivity contribution in [3.63, 3.8) is 0 Å². The Morgan fingerprint density at radius 3 is 2.89 bits per heavy atom. The molecular weight excluding hydrogens is 136 g/mol. The van der Waals surface area contributed by atoms with Crippen LogP contribution in [0.2, 0.25) is 0 Å². The van der Waals surface area contributed by atoms with Gasteiger partial charge in [-0.3, -0.25) is 0 Å². The molecule has 0 radical (unpaired) electrons. The van der Waals surface area contributed by atoms with Gasteiger partial charge < -0.3 is 5.11 Å². The quantitative estimate of drug-likeness (QED) is 0.481. The van der Waals surface area contributed by atoms with E-state index >= 15 is 0 Å². The molecule has 0 saturated carbocycles. The van der Waals surface area contributed by atoms with Crippen molar-refractivity contribution < 1.29 is 9.90 Å². The third-order valence-electron chi connectivity index (χ3n) is 0.749. The van der Waals surface area contributed by atoms with Crippen LogP contribution in [-0.2, 0) is 4.79 Å². The van der Waals surface area contributed by atoms with Crippen molar-refractivity contribution in [1.29, 1.82) is 0 Å². The number of allylic oxidation sites excluding steroid dienone is 1. The van der Waals surface area contributed by atoms with Crippen LogP contribution in [0.4, 0.5) is 0 Å². The number of carboxylic acid groups (broad SMARTS) is 1. The van der Waals surface area contributed by atoms with Gasteiger partial charge in [0.1, 0.15) is 0 Å². The highest BCUT2D eigenvalue weighted by Crippen LogP contribution is 1.95. The third kappa shape index (κ3) is 7.56. The summed E-state index contributed by atoms with van der Waals surface area (Å²) in [7, 11) is 0. The molecule has 0 rings (SSSR count). The summed E-state index contributed by atoms with van der Waals surface area (Å²) in [6.07, 6.45) is 5.68. The lowest BCUT2D eigenvalue weighted by molar-refractivity contribution is -0.131. The standard InChI is InChI=1S/C6H10O2S/c1-9-5-3-2-4-6(7)8/h2,4H,3,5H2,1H3,(H,7,8). The molecule has 0 bridgehead atoms. The summed E-state index contributed by atoms with van der Waals surface area (Å²) in [5, 5.41) is 8.12. The van der Waals surface area contributed by atoms with Gasteiger partial charge in [-0.1, -0.05) is 6.08 Å². The van der Waals surface area contributed by atoms with Crippen molar-refractivity contribution >= 4 is 17.7 Å². The minimum atomic E-state index is -0.865. The molecule has 1 N–H and O–H groups in total. The highest BCUT2D eigenvalue weighted by Gasteiger charge is 1.83. The molecule has 0 aromatic heterocycles. The summed E-state index contributed by atoms with van der Waals surface area (Å²) >= 11 is 1.71. The van der Waals surface area contributed by atoms with Gasteiger partial charge in [-0.15, -0.1) is 0 Å². The second-order valence-electron chi connectivity index (χ2n) is 1.52. The highest BCUT2D eigenvalue weighted by molar-refractivity contribution is 7.98. The first-order valence-electron chi connectivity index (χ1n) is 2.65. The predicted octanol–water partition coefficient (Wildman–Crippen LogP) is 1.38. The fraction of sp³-hybridized carbons (Fsp3) is 0.500. The number of hydrogen-bond donors (Lipinski definition) is 1. The van der Waals surface area contributed by atoms with Crippen LogP contribution in [0.3, 0.4) is 0 Å². The van der Waals surface area contributed by atoms with E-state index in [9.17, 15) is 4.79 Å². The second-order valence-corrected chi connectivity index (χ2v) is 2.51. The Kier molecular flexibility index (Phi) is 5.41. The summed E-state index contributed by atoms with van der Waals surface area (Å²) in [5.41, 5.74) is 0. The fourth-order valence-electron chi connectivity index (χ4n) is 0.370. The lowest BCUT2D eigenvalue weighted by Crippen LogP contribution is -1.85. The maximum atomic E-state index is 9.87. The van der Waals surface area contributed by atoms with Crippen molar-refractivity contribution in [2.24, 2.45) is 0 Å². The average Bonchev–Trinajstić information content (AvgIpc) is 1.80. The summed E-state index contributed by atoms with van der Waals surface area (Å²) in [6.45, 7) is 0. The molecule has 0 aliphatic carbocycles. The number of rotatable bonds is 4. The molecular formula is C6H10O2S. The first kappa shape index (κ1) is 8.56. The van der Waals surface area contributed by atoms with Gasteiger partial charge in [0.05, 0.1) is 0 Å². The van der Waals surface area contributed by atoms with E-state index in [2.05, 4.69) is 0 Å². The third-order valence-corrected chi connectivity index (χ3v) is 1.39. The zero-order valence-corrected chi connectivity index (χ0v) is 6.15. The molecule has 0 amide bonds. The van der Waals surface area contributed by atoms with Crippen molar-refractivity contribution in [3.05, 3.63) is 12.2 Å². The Labute approximate surface area is 59.0 Å². The van der Waals surface area contributed by atoms with Crippen LogP contribution in [-0.4, -0.2) is 23.1 Å². The summed E-state index contributed by atoms with van der Waals surface area (Å²) in [4.78, 5) is 9.87. The van der Waals surface area contributed by atoms with Crippen LogP contribution in [0.5, 0.6) is 0 Å². The van der Waals surface area contributed by atoms with E-state index in [1.54, 1.807) is 17.8 Å². The van der Waals surface area contributed by atoms with Crippen LogP contribution in [0.15, 0.2) is 12.2 Å². The first-order valence-corrected chi connectivity index (χ1v) is 4.05. The molecule has 9 heavy (non-hydrogen) atoms. The van der Waals surface area contributed by atoms with Gasteiger partial charge >= 0.3 is 5.97 Å². The van der Waals surface area contributed by atoms with E-state index in [1.807, 2.05) is 6.26 Å². The molecule has 0 aromatic carbocycles. The number of hydrogen-bond acceptors (Lipinski definition) is 2. The van der Waals surface area contributed by atoms with Gasteiger partial charge in [0.2, 0.25) is 0 Å². The molecule has 0 atom stereocenters. The van der Waals surface area contributed by atoms with E-state index in [-0.39, 0.29) is 0 Å². The monoisotopic (exact) mass is 146 g/mol. The lowest BCUT2D eigenvalue weighted by atomic mass is 10.4. The fourth-order valence-corrected chi connectivity index (χ4v) is 0.742. The minimum absolute atomic E-state index is 0.841. The van der Waals surface area contributed by atoms with Gasteiger partial charge in [0.15, 0.2) is 0 Å².